The van der Waals surface area contributed by atoms with Gasteiger partial charge < -0.3 is 15.6 Å². The molecule has 1 aliphatic rings. The fourth-order valence-electron chi connectivity index (χ4n) is 3.42. The number of rotatable bonds is 6. The number of nitrogens with zero attached hydrogens (tertiary/aromatic N) is 1. The molecule has 2 aromatic rings. The Kier molecular flexibility index (Phi) is 6.40. The fourth-order valence-corrected chi connectivity index (χ4v) is 4.26. The zero-order valence-corrected chi connectivity index (χ0v) is 16.3. The SMILES string of the molecule is Cc1ccc(C(=O)N2CCC(C(=O)NC(CC=N)c3ccccc3)CC2)s1. The molecule has 0 spiro atoms. The van der Waals surface area contributed by atoms with Crippen LogP contribution in [0.2, 0.25) is 0 Å². The Morgan fingerprint density at radius 2 is 1.93 bits per heavy atom. The van der Waals surface area contributed by atoms with Crippen LogP contribution in [0.4, 0.5) is 0 Å². The minimum Gasteiger partial charge on any atom is -0.349 e. The largest absolute Gasteiger partial charge is 0.349 e. The first-order valence-corrected chi connectivity index (χ1v) is 10.1. The van der Waals surface area contributed by atoms with Gasteiger partial charge in [0.05, 0.1) is 10.9 Å². The van der Waals surface area contributed by atoms with Crippen molar-refractivity contribution in [3.63, 3.8) is 0 Å². The summed E-state index contributed by atoms with van der Waals surface area (Å²) >= 11 is 1.52. The molecule has 142 valence electrons. The van der Waals surface area contributed by atoms with Crippen molar-refractivity contribution in [1.82, 2.24) is 10.2 Å². The molecule has 27 heavy (non-hydrogen) atoms. The summed E-state index contributed by atoms with van der Waals surface area (Å²) in [4.78, 5) is 29.0. The van der Waals surface area contributed by atoms with Crippen molar-refractivity contribution >= 4 is 29.4 Å². The van der Waals surface area contributed by atoms with Crippen LogP contribution in [0, 0.1) is 18.3 Å². The molecule has 1 aromatic carbocycles. The number of likely N-dealkylation sites (tertiary alicyclic amines) is 1. The van der Waals surface area contributed by atoms with Gasteiger partial charge in [-0.3, -0.25) is 9.59 Å². The molecule has 5 nitrogen and oxygen atoms in total. The lowest BCUT2D eigenvalue weighted by Gasteiger charge is -2.32. The Hall–Kier alpha value is -2.47. The number of amides is 2. The standard InChI is InChI=1S/C21H25N3O2S/c1-15-7-8-19(27-15)21(26)24-13-10-17(11-14-24)20(25)23-18(9-12-22)16-5-3-2-4-6-16/h2-8,12,17-18,22H,9-11,13-14H2,1H3,(H,23,25). The molecule has 6 heteroatoms. The molecule has 1 saturated heterocycles. The van der Waals surface area contributed by atoms with Crippen molar-refractivity contribution in [3.05, 3.63) is 57.8 Å². The predicted molar refractivity (Wildman–Crippen MR) is 108 cm³/mol. The second-order valence-electron chi connectivity index (χ2n) is 6.89. The Labute approximate surface area is 163 Å². The number of thiophene rings is 1. The van der Waals surface area contributed by atoms with Gasteiger partial charge in [0.1, 0.15) is 0 Å². The Morgan fingerprint density at radius 1 is 1.22 bits per heavy atom. The highest BCUT2D eigenvalue weighted by molar-refractivity contribution is 7.13. The highest BCUT2D eigenvalue weighted by Crippen LogP contribution is 2.24. The molecule has 0 radical (unpaired) electrons. The molecule has 1 aliphatic heterocycles. The molecule has 2 N–H and O–H groups in total. The van der Waals surface area contributed by atoms with E-state index in [9.17, 15) is 9.59 Å². The molecular weight excluding hydrogens is 358 g/mol. The molecule has 1 fully saturated rings. The minimum absolute atomic E-state index is 0.0183. The van der Waals surface area contributed by atoms with Gasteiger partial charge in [-0.05, 0) is 43.7 Å². The van der Waals surface area contributed by atoms with Crippen LogP contribution >= 0.6 is 11.3 Å². The van der Waals surface area contributed by atoms with Crippen molar-refractivity contribution in [3.8, 4) is 0 Å². The Balaban J connectivity index is 1.56. The molecule has 3 rings (SSSR count). The van der Waals surface area contributed by atoms with Crippen LogP contribution in [-0.2, 0) is 4.79 Å². The molecule has 2 heterocycles. The van der Waals surface area contributed by atoms with E-state index >= 15 is 0 Å². The third-order valence-corrected chi connectivity index (χ3v) is 5.96. The third kappa shape index (κ3) is 4.83. The molecular formula is C21H25N3O2S. The molecule has 1 aromatic heterocycles. The van der Waals surface area contributed by atoms with Crippen LogP contribution in [0.25, 0.3) is 0 Å². The van der Waals surface area contributed by atoms with E-state index in [1.807, 2.05) is 54.3 Å². The highest BCUT2D eigenvalue weighted by Gasteiger charge is 2.29. The normalized spacial score (nSPS) is 16.0. The number of carbonyl (C=O) groups is 2. The van der Waals surface area contributed by atoms with Gasteiger partial charge in [-0.25, -0.2) is 0 Å². The topological polar surface area (TPSA) is 73.3 Å². The summed E-state index contributed by atoms with van der Waals surface area (Å²) < 4.78 is 0. The molecule has 1 unspecified atom stereocenters. The van der Waals surface area contributed by atoms with Crippen molar-refractivity contribution in [1.29, 1.82) is 5.41 Å². The van der Waals surface area contributed by atoms with Crippen molar-refractivity contribution in [2.45, 2.75) is 32.2 Å². The number of carbonyl (C=O) groups excluding carboxylic acids is 2. The van der Waals surface area contributed by atoms with E-state index in [4.69, 9.17) is 5.41 Å². The maximum atomic E-state index is 12.7. The fraction of sp³-hybridized carbons (Fsp3) is 0.381. The van der Waals surface area contributed by atoms with E-state index in [2.05, 4.69) is 5.32 Å². The lowest BCUT2D eigenvalue weighted by Crippen LogP contribution is -2.43. The molecule has 0 bridgehead atoms. The van der Waals surface area contributed by atoms with Crippen molar-refractivity contribution in [2.24, 2.45) is 5.92 Å². The molecule has 0 saturated carbocycles. The van der Waals surface area contributed by atoms with Gasteiger partial charge in [0, 0.05) is 30.3 Å². The lowest BCUT2D eigenvalue weighted by molar-refractivity contribution is -0.127. The summed E-state index contributed by atoms with van der Waals surface area (Å²) in [6.45, 7) is 3.21. The van der Waals surface area contributed by atoms with E-state index in [-0.39, 0.29) is 23.8 Å². The summed E-state index contributed by atoms with van der Waals surface area (Å²) in [5.41, 5.74) is 1.01. The maximum Gasteiger partial charge on any atom is 0.263 e. The number of hydrogen-bond donors (Lipinski definition) is 2. The second-order valence-corrected chi connectivity index (χ2v) is 8.18. The summed E-state index contributed by atoms with van der Waals surface area (Å²) in [5.74, 6) is -0.00114. The van der Waals surface area contributed by atoms with E-state index in [0.717, 1.165) is 15.3 Å². The summed E-state index contributed by atoms with van der Waals surface area (Å²) in [7, 11) is 0. The second kappa shape index (κ2) is 8.95. The van der Waals surface area contributed by atoms with Crippen LogP contribution in [0.15, 0.2) is 42.5 Å². The first-order valence-electron chi connectivity index (χ1n) is 9.28. The van der Waals surface area contributed by atoms with Crippen molar-refractivity contribution < 1.29 is 9.59 Å². The predicted octanol–water partition coefficient (Wildman–Crippen LogP) is 3.81. The first-order chi connectivity index (χ1) is 13.1. The first kappa shape index (κ1) is 19.3. The monoisotopic (exact) mass is 383 g/mol. The van der Waals surface area contributed by atoms with Gasteiger partial charge in [0.15, 0.2) is 0 Å². The van der Waals surface area contributed by atoms with Crippen LogP contribution in [0.1, 0.15) is 45.4 Å². The number of benzene rings is 1. The van der Waals surface area contributed by atoms with E-state index < -0.39 is 0 Å². The van der Waals surface area contributed by atoms with Crippen LogP contribution in [0.3, 0.4) is 0 Å². The number of piperidine rings is 1. The van der Waals surface area contributed by atoms with Gasteiger partial charge in [0.2, 0.25) is 5.91 Å². The lowest BCUT2D eigenvalue weighted by atomic mass is 9.94. The quantitative estimate of drug-likeness (QED) is 0.745. The Bertz CT molecular complexity index is 795. The van der Waals surface area contributed by atoms with Gasteiger partial charge in [0.25, 0.3) is 5.91 Å². The van der Waals surface area contributed by atoms with E-state index in [1.54, 1.807) is 0 Å². The summed E-state index contributed by atoms with van der Waals surface area (Å²) in [6.07, 6.45) is 3.16. The van der Waals surface area contributed by atoms with Gasteiger partial charge in [-0.15, -0.1) is 11.3 Å². The molecule has 2 amide bonds. The zero-order valence-electron chi connectivity index (χ0n) is 15.5. The van der Waals surface area contributed by atoms with E-state index in [0.29, 0.717) is 32.4 Å². The van der Waals surface area contributed by atoms with Crippen LogP contribution in [-0.4, -0.2) is 36.0 Å². The smallest absolute Gasteiger partial charge is 0.263 e. The number of hydrogen-bond acceptors (Lipinski definition) is 4. The minimum atomic E-state index is -0.176. The van der Waals surface area contributed by atoms with Crippen molar-refractivity contribution in [2.75, 3.05) is 13.1 Å². The zero-order chi connectivity index (χ0) is 19.2. The van der Waals surface area contributed by atoms with Gasteiger partial charge >= 0.3 is 0 Å². The third-order valence-electron chi connectivity index (χ3n) is 4.98. The van der Waals surface area contributed by atoms with E-state index in [1.165, 1.54) is 17.6 Å². The Morgan fingerprint density at radius 3 is 2.52 bits per heavy atom. The molecule has 0 aliphatic carbocycles. The number of aryl methyl sites for hydroxylation is 1. The van der Waals surface area contributed by atoms with Gasteiger partial charge in [-0.2, -0.15) is 0 Å². The average molecular weight is 384 g/mol. The number of nitrogens with one attached hydrogen (secondary N) is 2. The van der Waals surface area contributed by atoms with Gasteiger partial charge in [-0.1, -0.05) is 30.3 Å². The molecule has 1 atom stereocenters. The average Bonchev–Trinajstić information content (AvgIpc) is 3.14. The van der Waals surface area contributed by atoms with Crippen LogP contribution < -0.4 is 5.32 Å². The summed E-state index contributed by atoms with van der Waals surface area (Å²) in [5, 5.41) is 10.5. The highest BCUT2D eigenvalue weighted by atomic mass is 32.1. The summed E-state index contributed by atoms with van der Waals surface area (Å²) in [6, 6.07) is 13.4. The maximum absolute atomic E-state index is 12.7. The van der Waals surface area contributed by atoms with Crippen LogP contribution in [0.5, 0.6) is 0 Å².